The van der Waals surface area contributed by atoms with Gasteiger partial charge in [-0.05, 0) is 30.2 Å². The largest absolute Gasteiger partial charge is 0.481 e. The molecule has 0 radical (unpaired) electrons. The lowest BCUT2D eigenvalue weighted by atomic mass is 9.97. The minimum atomic E-state index is -3.65. The van der Waals surface area contributed by atoms with E-state index in [1.54, 1.807) is 0 Å². The quantitative estimate of drug-likeness (QED) is 0.222. The predicted molar refractivity (Wildman–Crippen MR) is 147 cm³/mol. The molecule has 0 saturated carbocycles. The highest BCUT2D eigenvalue weighted by molar-refractivity contribution is 7.92. The van der Waals surface area contributed by atoms with E-state index >= 15 is 0 Å². The summed E-state index contributed by atoms with van der Waals surface area (Å²) in [5.74, 6) is -4.38. The molecule has 0 aliphatic rings. The van der Waals surface area contributed by atoms with E-state index in [4.69, 9.17) is 15.3 Å². The number of rotatable bonds is 12. The fourth-order valence-corrected chi connectivity index (χ4v) is 3.57. The van der Waals surface area contributed by atoms with Gasteiger partial charge in [0, 0.05) is 36.7 Å². The second kappa shape index (κ2) is 15.5. The summed E-state index contributed by atoms with van der Waals surface area (Å²) in [5.41, 5.74) is 1.80. The number of hydrogen-bond acceptors (Lipinski definition) is 9. The average molecular weight is 598 g/mol. The number of aliphatic hydroxyl groups excluding tert-OH is 2. The van der Waals surface area contributed by atoms with Crippen molar-refractivity contribution in [3.63, 3.8) is 0 Å². The molecule has 0 aliphatic heterocycles. The molecule has 2 rings (SSSR count). The van der Waals surface area contributed by atoms with Crippen molar-refractivity contribution in [3.8, 4) is 11.3 Å². The van der Waals surface area contributed by atoms with Gasteiger partial charge in [-0.15, -0.1) is 0 Å². The zero-order valence-electron chi connectivity index (χ0n) is 22.7. The van der Waals surface area contributed by atoms with Crippen LogP contribution in [0.1, 0.15) is 43.9 Å². The zero-order chi connectivity index (χ0) is 31.5. The topological polar surface area (TPSA) is 216 Å². The highest BCUT2D eigenvalue weighted by atomic mass is 32.2. The Bertz CT molecular complexity index is 1380. The number of carboxylic acids is 3. The molecule has 2 aromatic rings. The molecule has 0 saturated heterocycles. The Kier molecular flexibility index (Phi) is 13.2. The van der Waals surface area contributed by atoms with E-state index in [0.717, 1.165) is 10.6 Å². The van der Waals surface area contributed by atoms with Crippen molar-refractivity contribution < 1.29 is 52.7 Å². The maximum absolute atomic E-state index is 13.5. The number of halogens is 1. The van der Waals surface area contributed by atoms with Crippen LogP contribution in [0.4, 0.5) is 10.3 Å². The molecule has 0 spiro atoms. The molecule has 1 heterocycles. The van der Waals surface area contributed by atoms with E-state index < -0.39 is 52.4 Å². The van der Waals surface area contributed by atoms with Gasteiger partial charge in [0.1, 0.15) is 5.82 Å². The predicted octanol–water partition coefficient (Wildman–Crippen LogP) is 2.11. The Hall–Kier alpha value is -4.21. The van der Waals surface area contributed by atoms with Gasteiger partial charge in [0.25, 0.3) is 0 Å². The van der Waals surface area contributed by atoms with Gasteiger partial charge in [0.15, 0.2) is 0 Å². The number of hydrogen-bond donors (Lipinski definition) is 5. The van der Waals surface area contributed by atoms with Gasteiger partial charge >= 0.3 is 17.9 Å². The van der Waals surface area contributed by atoms with Crippen LogP contribution < -0.4 is 4.31 Å². The number of anilines is 1. The van der Waals surface area contributed by atoms with Crippen LogP contribution in [0.2, 0.25) is 0 Å². The van der Waals surface area contributed by atoms with Gasteiger partial charge in [-0.2, -0.15) is 0 Å². The first-order valence-electron chi connectivity index (χ1n) is 11.9. The van der Waals surface area contributed by atoms with Crippen molar-refractivity contribution in [2.45, 2.75) is 44.8 Å². The molecular formula is C26H32FN3O10S. The van der Waals surface area contributed by atoms with Gasteiger partial charge in [0.05, 0.1) is 36.3 Å². The molecule has 41 heavy (non-hydrogen) atoms. The monoisotopic (exact) mass is 597 g/mol. The second-order valence-electron chi connectivity index (χ2n) is 8.99. The fraction of sp³-hybridized carbons (Fsp3) is 0.346. The maximum Gasteiger partial charge on any atom is 0.328 e. The molecule has 0 amide bonds. The Balaban J connectivity index is 0.000000915. The number of carbonyl (C=O) groups is 3. The van der Waals surface area contributed by atoms with E-state index in [1.807, 2.05) is 13.8 Å². The van der Waals surface area contributed by atoms with Crippen LogP contribution in [0.3, 0.4) is 0 Å². The molecular weight excluding hydrogens is 565 g/mol. The van der Waals surface area contributed by atoms with Gasteiger partial charge in [-0.25, -0.2) is 36.7 Å². The summed E-state index contributed by atoms with van der Waals surface area (Å²) in [6, 6.07) is 5.49. The van der Waals surface area contributed by atoms with Crippen molar-refractivity contribution in [1.29, 1.82) is 0 Å². The number of aliphatic carboxylic acids is 3. The van der Waals surface area contributed by atoms with Crippen molar-refractivity contribution in [2.24, 2.45) is 0 Å². The Morgan fingerprint density at radius 3 is 1.98 bits per heavy atom. The van der Waals surface area contributed by atoms with Crippen LogP contribution in [0.15, 0.2) is 42.5 Å². The summed E-state index contributed by atoms with van der Waals surface area (Å²) < 4.78 is 38.6. The average Bonchev–Trinajstić information content (AvgIpc) is 2.85. The van der Waals surface area contributed by atoms with Crippen LogP contribution >= 0.6 is 0 Å². The Labute approximate surface area is 236 Å². The van der Waals surface area contributed by atoms with Crippen molar-refractivity contribution in [2.75, 3.05) is 17.6 Å². The van der Waals surface area contributed by atoms with Crippen molar-refractivity contribution >= 4 is 40.0 Å². The lowest BCUT2D eigenvalue weighted by Crippen LogP contribution is -2.27. The molecule has 2 unspecified atom stereocenters. The van der Waals surface area contributed by atoms with Gasteiger partial charge < -0.3 is 25.5 Å². The van der Waals surface area contributed by atoms with Crippen molar-refractivity contribution in [3.05, 3.63) is 59.6 Å². The highest BCUT2D eigenvalue weighted by Crippen LogP contribution is 2.31. The number of aliphatic hydroxyl groups is 2. The molecule has 1 aromatic carbocycles. The molecule has 0 fully saturated rings. The number of aromatic nitrogens is 2. The molecule has 1 aromatic heterocycles. The van der Waals surface area contributed by atoms with E-state index in [9.17, 15) is 37.4 Å². The van der Waals surface area contributed by atoms with Gasteiger partial charge in [0.2, 0.25) is 16.0 Å². The molecule has 15 heteroatoms. The van der Waals surface area contributed by atoms with E-state index in [-0.39, 0.29) is 18.3 Å². The molecule has 0 aliphatic carbocycles. The summed E-state index contributed by atoms with van der Waals surface area (Å²) in [4.78, 5) is 38.7. The Morgan fingerprint density at radius 1 is 1.00 bits per heavy atom. The molecule has 0 bridgehead atoms. The lowest BCUT2D eigenvalue weighted by Gasteiger charge is -2.20. The fourth-order valence-electron chi connectivity index (χ4n) is 3.19. The van der Waals surface area contributed by atoms with E-state index in [0.29, 0.717) is 34.7 Å². The molecule has 2 atom stereocenters. The standard InChI is InChI=1S/C22H28FN3O6S.C4H4O4/c1-13(2)20-18(10-9-16(27)11-17(28)12-19(29)30)21(14-5-7-15(23)8-6-14)25-22(24-20)26(3)33(4,31)32;5-3(6)1-2-4(7)8/h5-10,13,16-17,27-28H,11-12H2,1-4H3,(H,29,30);1-2H,(H,5,6)(H,7,8)/b10-9+;2-1-. The minimum absolute atomic E-state index is 0.0601. The third-order valence-corrected chi connectivity index (χ3v) is 6.34. The first-order chi connectivity index (χ1) is 18.9. The molecule has 13 nitrogen and oxygen atoms in total. The third kappa shape index (κ3) is 12.2. The number of nitrogens with zero attached hydrogens (tertiary/aromatic N) is 3. The van der Waals surface area contributed by atoms with Crippen molar-refractivity contribution in [1.82, 2.24) is 9.97 Å². The smallest absolute Gasteiger partial charge is 0.328 e. The number of sulfonamides is 1. The SMILES string of the molecule is CC(C)c1nc(N(C)S(C)(=O)=O)nc(-c2ccc(F)cc2)c1/C=C/C(O)CC(O)CC(=O)O.O=C(O)/C=C\C(=O)O. The highest BCUT2D eigenvalue weighted by Gasteiger charge is 2.22. The van der Waals surface area contributed by atoms with E-state index in [2.05, 4.69) is 9.97 Å². The summed E-state index contributed by atoms with van der Waals surface area (Å²) in [5, 5.41) is 44.4. The van der Waals surface area contributed by atoms with Gasteiger partial charge in [-0.3, -0.25) is 4.79 Å². The third-order valence-electron chi connectivity index (χ3n) is 5.18. The number of benzene rings is 1. The van der Waals surface area contributed by atoms with Gasteiger partial charge in [-0.1, -0.05) is 26.0 Å². The number of carboxylic acid groups (broad SMARTS) is 3. The minimum Gasteiger partial charge on any atom is -0.481 e. The summed E-state index contributed by atoms with van der Waals surface area (Å²) in [6.07, 6.45) is 1.98. The first-order valence-corrected chi connectivity index (χ1v) is 13.8. The van der Waals surface area contributed by atoms with Crippen LogP contribution in [0.5, 0.6) is 0 Å². The summed E-state index contributed by atoms with van der Waals surface area (Å²) in [7, 11) is -2.33. The van der Waals surface area contributed by atoms with Crippen LogP contribution in [-0.4, -0.2) is 87.3 Å². The normalized spacial score (nSPS) is 13.1. The van der Waals surface area contributed by atoms with Crippen LogP contribution in [0.25, 0.3) is 17.3 Å². The Morgan fingerprint density at radius 2 is 1.54 bits per heavy atom. The van der Waals surface area contributed by atoms with Crippen LogP contribution in [0, 0.1) is 5.82 Å². The zero-order valence-corrected chi connectivity index (χ0v) is 23.5. The van der Waals surface area contributed by atoms with Crippen LogP contribution in [-0.2, 0) is 24.4 Å². The second-order valence-corrected chi connectivity index (χ2v) is 11.0. The maximum atomic E-state index is 13.5. The lowest BCUT2D eigenvalue weighted by molar-refractivity contribution is -0.139. The summed E-state index contributed by atoms with van der Waals surface area (Å²) >= 11 is 0. The summed E-state index contributed by atoms with van der Waals surface area (Å²) in [6.45, 7) is 3.71. The molecule has 5 N–H and O–H groups in total. The molecule has 224 valence electrons. The van der Waals surface area contributed by atoms with E-state index in [1.165, 1.54) is 43.5 Å². The first kappa shape index (κ1) is 34.8.